The molecule has 1 aromatic carbocycles. The van der Waals surface area contributed by atoms with Gasteiger partial charge in [-0.3, -0.25) is 14.7 Å². The molecular weight excluding hydrogens is 431 g/mol. The number of halogens is 1. The van der Waals surface area contributed by atoms with Crippen LogP contribution in [0.1, 0.15) is 37.3 Å². The molecule has 2 aliphatic rings. The molecule has 0 saturated carbocycles. The fourth-order valence-corrected chi connectivity index (χ4v) is 6.55. The first-order valence-corrected chi connectivity index (χ1v) is 12.7. The van der Waals surface area contributed by atoms with Crippen LogP contribution in [0.2, 0.25) is 0 Å². The van der Waals surface area contributed by atoms with Crippen LogP contribution in [-0.4, -0.2) is 59.9 Å². The summed E-state index contributed by atoms with van der Waals surface area (Å²) in [5.74, 6) is -0.472. The molecule has 4 rings (SSSR count). The van der Waals surface area contributed by atoms with Crippen molar-refractivity contribution in [2.75, 3.05) is 24.2 Å². The predicted molar refractivity (Wildman–Crippen MR) is 121 cm³/mol. The van der Waals surface area contributed by atoms with E-state index in [1.165, 1.54) is 18.5 Å². The fourth-order valence-electron chi connectivity index (χ4n) is 5.08. The molecule has 3 heterocycles. The summed E-state index contributed by atoms with van der Waals surface area (Å²) < 4.78 is 40.8. The molecule has 1 amide bonds. The minimum Gasteiger partial charge on any atom is -0.312 e. The summed E-state index contributed by atoms with van der Waals surface area (Å²) in [6.45, 7) is 3.46. The van der Waals surface area contributed by atoms with E-state index in [4.69, 9.17) is 0 Å². The number of benzene rings is 1. The Labute approximate surface area is 188 Å². The van der Waals surface area contributed by atoms with E-state index >= 15 is 0 Å². The van der Waals surface area contributed by atoms with E-state index in [1.807, 2.05) is 24.3 Å². The molecule has 2 atom stereocenters. The lowest BCUT2D eigenvalue weighted by Gasteiger charge is -2.32. The molecule has 32 heavy (non-hydrogen) atoms. The molecule has 1 saturated heterocycles. The van der Waals surface area contributed by atoms with E-state index in [1.54, 1.807) is 22.3 Å². The molecule has 7 nitrogen and oxygen atoms in total. The number of amides is 1. The largest absolute Gasteiger partial charge is 0.312 e. The highest BCUT2D eigenvalue weighted by Gasteiger charge is 2.40. The van der Waals surface area contributed by atoms with E-state index in [0.717, 1.165) is 29.7 Å². The number of carbonyl (C=O) groups is 1. The Bertz CT molecular complexity index is 1090. The van der Waals surface area contributed by atoms with Crippen LogP contribution >= 0.6 is 0 Å². The first kappa shape index (κ1) is 22.8. The Balaban J connectivity index is 1.75. The van der Waals surface area contributed by atoms with Crippen LogP contribution in [0.15, 0.2) is 42.7 Å². The normalized spacial score (nSPS) is 22.9. The third kappa shape index (κ3) is 5.00. The van der Waals surface area contributed by atoms with Crippen molar-refractivity contribution >= 4 is 21.6 Å². The fraction of sp³-hybridized carbons (Fsp3) is 0.478. The summed E-state index contributed by atoms with van der Waals surface area (Å²) in [6.07, 6.45) is 6.18. The van der Waals surface area contributed by atoms with Gasteiger partial charge in [0, 0.05) is 57.1 Å². The number of sulfonamides is 1. The highest BCUT2D eigenvalue weighted by atomic mass is 32.2. The second-order valence-electron chi connectivity index (χ2n) is 8.75. The summed E-state index contributed by atoms with van der Waals surface area (Å²) in [5, 5.41) is 0. The second-order valence-corrected chi connectivity index (χ2v) is 10.6. The molecule has 0 unspecified atom stereocenters. The summed E-state index contributed by atoms with van der Waals surface area (Å²) >= 11 is 0. The minimum atomic E-state index is -3.42. The molecule has 1 aromatic heterocycles. The molecule has 2 bridgehead atoms. The molecule has 0 radical (unpaired) electrons. The average Bonchev–Trinajstić information content (AvgIpc) is 3.10. The van der Waals surface area contributed by atoms with Gasteiger partial charge in [-0.1, -0.05) is 18.2 Å². The molecule has 1 fully saturated rings. The van der Waals surface area contributed by atoms with Crippen molar-refractivity contribution in [1.82, 2.24) is 14.2 Å². The highest BCUT2D eigenvalue weighted by molar-refractivity contribution is 7.88. The van der Waals surface area contributed by atoms with E-state index in [9.17, 15) is 17.6 Å². The third-order valence-electron chi connectivity index (χ3n) is 6.31. The molecular formula is C23H29FN4O3S. The van der Waals surface area contributed by atoms with Gasteiger partial charge in [0.1, 0.15) is 5.82 Å². The van der Waals surface area contributed by atoms with Crippen molar-refractivity contribution in [2.24, 2.45) is 0 Å². The Morgan fingerprint density at radius 3 is 2.62 bits per heavy atom. The zero-order chi connectivity index (χ0) is 22.9. The first-order valence-electron chi connectivity index (χ1n) is 10.9. The number of aromatic nitrogens is 1. The van der Waals surface area contributed by atoms with Crippen molar-refractivity contribution in [3.63, 3.8) is 0 Å². The Hall–Kier alpha value is -2.36. The van der Waals surface area contributed by atoms with Crippen LogP contribution in [0.4, 0.5) is 10.1 Å². The number of fused-ring (bicyclic) bond motifs is 3. The van der Waals surface area contributed by atoms with Gasteiger partial charge < -0.3 is 4.90 Å². The molecule has 0 N–H and O–H groups in total. The van der Waals surface area contributed by atoms with Crippen molar-refractivity contribution in [3.05, 3.63) is 59.7 Å². The van der Waals surface area contributed by atoms with E-state index < -0.39 is 15.8 Å². The van der Waals surface area contributed by atoms with Crippen molar-refractivity contribution in [1.29, 1.82) is 0 Å². The van der Waals surface area contributed by atoms with Crippen LogP contribution in [0.25, 0.3) is 0 Å². The Kier molecular flexibility index (Phi) is 6.60. The molecule has 2 aromatic rings. The van der Waals surface area contributed by atoms with Gasteiger partial charge in [-0.05, 0) is 42.5 Å². The van der Waals surface area contributed by atoms with E-state index in [2.05, 4.69) is 9.88 Å². The zero-order valence-electron chi connectivity index (χ0n) is 18.4. The van der Waals surface area contributed by atoms with Gasteiger partial charge in [0.25, 0.3) is 0 Å². The quantitative estimate of drug-likeness (QED) is 0.704. The molecule has 0 aliphatic carbocycles. The summed E-state index contributed by atoms with van der Waals surface area (Å²) in [5.41, 5.74) is 2.54. The maximum absolute atomic E-state index is 13.8. The van der Waals surface area contributed by atoms with E-state index in [0.29, 0.717) is 32.6 Å². The van der Waals surface area contributed by atoms with Gasteiger partial charge in [0.2, 0.25) is 15.9 Å². The molecule has 2 aliphatic heterocycles. The summed E-state index contributed by atoms with van der Waals surface area (Å²) in [6, 6.07) is 8.93. The molecule has 172 valence electrons. The lowest BCUT2D eigenvalue weighted by Crippen LogP contribution is -2.46. The van der Waals surface area contributed by atoms with Crippen LogP contribution < -0.4 is 4.90 Å². The van der Waals surface area contributed by atoms with Crippen LogP contribution in [0, 0.1) is 5.82 Å². The SMILES string of the molecule is CC(=O)N1CC[C@H]2CC[C@@H](CN(Cc3cncc(F)c3)Cc3ccccc31)N2S(C)(=O)=O. The summed E-state index contributed by atoms with van der Waals surface area (Å²) in [4.78, 5) is 20.4. The number of carbonyl (C=O) groups excluding carboxylic acids is 1. The van der Waals surface area contributed by atoms with Gasteiger partial charge in [0.05, 0.1) is 12.5 Å². The van der Waals surface area contributed by atoms with Crippen molar-refractivity contribution < 1.29 is 17.6 Å². The molecule has 0 spiro atoms. The number of hydrogen-bond donors (Lipinski definition) is 0. The first-order chi connectivity index (χ1) is 15.2. The standard InChI is InChI=1S/C23H29FN4O3S/c1-17(29)27-10-9-21-7-8-22(28(21)32(2,30)31)16-26(14-18-11-20(24)13-25-12-18)15-19-5-3-4-6-23(19)27/h3-6,11-13,21-22H,7-10,14-16H2,1-2H3/t21-,22+/m1/s1. The number of para-hydroxylation sites is 1. The molecule has 9 heteroatoms. The van der Waals surface area contributed by atoms with Crippen molar-refractivity contribution in [2.45, 2.75) is 51.4 Å². The average molecular weight is 461 g/mol. The highest BCUT2D eigenvalue weighted by Crippen LogP contribution is 2.33. The maximum Gasteiger partial charge on any atom is 0.223 e. The lowest BCUT2D eigenvalue weighted by molar-refractivity contribution is -0.116. The number of nitrogens with zero attached hydrogens (tertiary/aromatic N) is 4. The van der Waals surface area contributed by atoms with Gasteiger partial charge in [-0.2, -0.15) is 4.31 Å². The summed E-state index contributed by atoms with van der Waals surface area (Å²) in [7, 11) is -3.42. The predicted octanol–water partition coefficient (Wildman–Crippen LogP) is 2.77. The van der Waals surface area contributed by atoms with E-state index in [-0.39, 0.29) is 18.0 Å². The number of pyridine rings is 1. The van der Waals surface area contributed by atoms with Gasteiger partial charge in [0.15, 0.2) is 0 Å². The van der Waals surface area contributed by atoms with Crippen LogP contribution in [0.3, 0.4) is 0 Å². The number of anilines is 1. The lowest BCUT2D eigenvalue weighted by atomic mass is 10.1. The van der Waals surface area contributed by atoms with Crippen LogP contribution in [-0.2, 0) is 27.9 Å². The monoisotopic (exact) mass is 460 g/mol. The van der Waals surface area contributed by atoms with Gasteiger partial charge >= 0.3 is 0 Å². The zero-order valence-corrected chi connectivity index (χ0v) is 19.3. The maximum atomic E-state index is 13.8. The Morgan fingerprint density at radius 1 is 1.16 bits per heavy atom. The Morgan fingerprint density at radius 2 is 1.91 bits per heavy atom. The number of hydrogen-bond acceptors (Lipinski definition) is 5. The second kappa shape index (κ2) is 9.25. The smallest absolute Gasteiger partial charge is 0.223 e. The van der Waals surface area contributed by atoms with Gasteiger partial charge in [-0.25, -0.2) is 12.8 Å². The minimum absolute atomic E-state index is 0.0713. The third-order valence-corrected chi connectivity index (χ3v) is 7.68. The van der Waals surface area contributed by atoms with Gasteiger partial charge in [-0.15, -0.1) is 0 Å². The van der Waals surface area contributed by atoms with Crippen LogP contribution in [0.5, 0.6) is 0 Å². The number of rotatable bonds is 3. The van der Waals surface area contributed by atoms with Crippen molar-refractivity contribution in [3.8, 4) is 0 Å². The topological polar surface area (TPSA) is 73.8 Å².